The van der Waals surface area contributed by atoms with Gasteiger partial charge in [-0.3, -0.25) is 5.10 Å². The maximum atomic E-state index is 5.68. The van der Waals surface area contributed by atoms with Crippen molar-refractivity contribution in [1.29, 1.82) is 0 Å². The van der Waals surface area contributed by atoms with E-state index >= 15 is 0 Å². The fourth-order valence-electron chi connectivity index (χ4n) is 1.31. The molecular formula is C6H9N3. The molecule has 0 spiro atoms. The van der Waals surface area contributed by atoms with Crippen LogP contribution in [0.5, 0.6) is 0 Å². The van der Waals surface area contributed by atoms with Crippen molar-refractivity contribution in [2.75, 3.05) is 0 Å². The lowest BCUT2D eigenvalue weighted by molar-refractivity contribution is 0.705. The highest BCUT2D eigenvalue weighted by Crippen LogP contribution is 2.16. The summed E-state index contributed by atoms with van der Waals surface area (Å²) >= 11 is 0. The third-order valence-corrected chi connectivity index (χ3v) is 1.76. The zero-order valence-electron chi connectivity index (χ0n) is 5.09. The lowest BCUT2D eigenvalue weighted by atomic mass is 10.2. The lowest BCUT2D eigenvalue weighted by Crippen LogP contribution is -2.19. The molecule has 1 aromatic heterocycles. The summed E-state index contributed by atoms with van der Waals surface area (Å²) in [6.07, 6.45) is 3.82. The van der Waals surface area contributed by atoms with Gasteiger partial charge in [-0.05, 0) is 12.0 Å². The van der Waals surface area contributed by atoms with Gasteiger partial charge in [-0.15, -0.1) is 0 Å². The molecule has 1 aliphatic rings. The number of hydrogen-bond acceptors (Lipinski definition) is 2. The Hall–Kier alpha value is -0.830. The van der Waals surface area contributed by atoms with Crippen LogP contribution in [0.25, 0.3) is 0 Å². The molecule has 0 radical (unpaired) electrons. The third-order valence-electron chi connectivity index (χ3n) is 1.76. The highest BCUT2D eigenvalue weighted by molar-refractivity contribution is 5.24. The molecule has 0 saturated heterocycles. The molecule has 2 rings (SSSR count). The number of hydrogen-bond donors (Lipinski definition) is 2. The summed E-state index contributed by atoms with van der Waals surface area (Å²) in [5, 5.41) is 6.82. The Morgan fingerprint density at radius 3 is 3.33 bits per heavy atom. The molecule has 1 aliphatic carbocycles. The fraction of sp³-hybridized carbons (Fsp3) is 0.500. The summed E-state index contributed by atoms with van der Waals surface area (Å²) in [5.74, 6) is 0. The molecule has 3 N–H and O–H groups in total. The number of fused-ring (bicyclic) bond motifs is 1. The smallest absolute Gasteiger partial charge is 0.0522 e. The molecule has 3 heteroatoms. The van der Waals surface area contributed by atoms with Crippen LogP contribution in [0.15, 0.2) is 6.20 Å². The molecule has 0 saturated carbocycles. The Labute approximate surface area is 53.3 Å². The average Bonchev–Trinajstić information content (AvgIpc) is 2.22. The van der Waals surface area contributed by atoms with Crippen LogP contribution in [0, 0.1) is 0 Å². The van der Waals surface area contributed by atoms with Crippen LogP contribution in [0.3, 0.4) is 0 Å². The summed E-state index contributed by atoms with van der Waals surface area (Å²) in [6, 6.07) is 0.328. The molecule has 48 valence electrons. The van der Waals surface area contributed by atoms with E-state index in [2.05, 4.69) is 10.2 Å². The van der Waals surface area contributed by atoms with Gasteiger partial charge in [0.1, 0.15) is 0 Å². The van der Waals surface area contributed by atoms with E-state index in [0.717, 1.165) is 12.8 Å². The minimum Gasteiger partial charge on any atom is -0.327 e. The van der Waals surface area contributed by atoms with Gasteiger partial charge in [0, 0.05) is 18.2 Å². The van der Waals surface area contributed by atoms with Crippen molar-refractivity contribution in [1.82, 2.24) is 10.2 Å². The number of aromatic nitrogens is 2. The first kappa shape index (κ1) is 4.99. The second-order valence-electron chi connectivity index (χ2n) is 2.54. The van der Waals surface area contributed by atoms with Gasteiger partial charge in [0.25, 0.3) is 0 Å². The van der Waals surface area contributed by atoms with Gasteiger partial charge in [0.15, 0.2) is 0 Å². The van der Waals surface area contributed by atoms with Gasteiger partial charge in [-0.2, -0.15) is 5.10 Å². The van der Waals surface area contributed by atoms with Crippen molar-refractivity contribution in [3.63, 3.8) is 0 Å². The zero-order chi connectivity index (χ0) is 6.27. The first-order valence-electron chi connectivity index (χ1n) is 3.13. The molecular weight excluding hydrogens is 114 g/mol. The molecule has 0 fully saturated rings. The van der Waals surface area contributed by atoms with Crippen molar-refractivity contribution in [3.05, 3.63) is 17.5 Å². The van der Waals surface area contributed by atoms with Crippen LogP contribution in [0.1, 0.15) is 11.3 Å². The summed E-state index contributed by atoms with van der Waals surface area (Å²) in [7, 11) is 0. The van der Waals surface area contributed by atoms with Crippen LogP contribution in [-0.4, -0.2) is 16.2 Å². The summed E-state index contributed by atoms with van der Waals surface area (Å²) in [4.78, 5) is 0. The first-order chi connectivity index (χ1) is 4.36. The average molecular weight is 123 g/mol. The van der Waals surface area contributed by atoms with E-state index in [1.54, 1.807) is 0 Å². The quantitative estimate of drug-likeness (QED) is 0.503. The summed E-state index contributed by atoms with van der Waals surface area (Å²) in [5.41, 5.74) is 8.20. The third kappa shape index (κ3) is 0.650. The molecule has 0 aromatic carbocycles. The topological polar surface area (TPSA) is 54.7 Å². The number of nitrogens with two attached hydrogens (primary N) is 1. The molecule has 0 unspecified atom stereocenters. The Morgan fingerprint density at radius 2 is 2.56 bits per heavy atom. The van der Waals surface area contributed by atoms with E-state index in [4.69, 9.17) is 5.73 Å². The van der Waals surface area contributed by atoms with Crippen molar-refractivity contribution >= 4 is 0 Å². The summed E-state index contributed by atoms with van der Waals surface area (Å²) < 4.78 is 0. The van der Waals surface area contributed by atoms with E-state index in [9.17, 15) is 0 Å². The Bertz CT molecular complexity index is 195. The zero-order valence-corrected chi connectivity index (χ0v) is 5.09. The van der Waals surface area contributed by atoms with Crippen molar-refractivity contribution in [3.8, 4) is 0 Å². The normalized spacial score (nSPS) is 24.3. The SMILES string of the molecule is N[C@@H]1Cc2cn[nH]c2C1. The standard InChI is InChI=1S/C6H9N3/c7-5-1-4-3-8-9-6(4)2-5/h3,5H,1-2,7H2,(H,8,9)/t5-/m1/s1. The van der Waals surface area contributed by atoms with Gasteiger partial charge in [0.05, 0.1) is 6.20 Å². The highest BCUT2D eigenvalue weighted by atomic mass is 15.1. The van der Waals surface area contributed by atoms with E-state index < -0.39 is 0 Å². The van der Waals surface area contributed by atoms with Gasteiger partial charge >= 0.3 is 0 Å². The van der Waals surface area contributed by atoms with Gasteiger partial charge in [-0.1, -0.05) is 0 Å². The van der Waals surface area contributed by atoms with E-state index in [-0.39, 0.29) is 0 Å². The minimum absolute atomic E-state index is 0.328. The van der Waals surface area contributed by atoms with Crippen LogP contribution in [0.2, 0.25) is 0 Å². The number of aromatic amines is 1. The second-order valence-corrected chi connectivity index (χ2v) is 2.54. The maximum Gasteiger partial charge on any atom is 0.0522 e. The predicted octanol–water partition coefficient (Wildman–Crippen LogP) is -0.164. The Balaban J connectivity index is 2.39. The molecule has 3 nitrogen and oxygen atoms in total. The van der Waals surface area contributed by atoms with Crippen LogP contribution >= 0.6 is 0 Å². The van der Waals surface area contributed by atoms with Crippen LogP contribution in [0.4, 0.5) is 0 Å². The second kappa shape index (κ2) is 1.57. The van der Waals surface area contributed by atoms with E-state index in [1.165, 1.54) is 11.3 Å². The number of H-pyrrole nitrogens is 1. The van der Waals surface area contributed by atoms with E-state index in [1.807, 2.05) is 6.20 Å². The van der Waals surface area contributed by atoms with Crippen molar-refractivity contribution in [2.24, 2.45) is 5.73 Å². The molecule has 0 bridgehead atoms. The lowest BCUT2D eigenvalue weighted by Gasteiger charge is -1.95. The molecule has 0 amide bonds. The molecule has 9 heavy (non-hydrogen) atoms. The van der Waals surface area contributed by atoms with Crippen LogP contribution < -0.4 is 5.73 Å². The van der Waals surface area contributed by atoms with Gasteiger partial charge < -0.3 is 5.73 Å². The fourth-order valence-corrected chi connectivity index (χ4v) is 1.31. The highest BCUT2D eigenvalue weighted by Gasteiger charge is 2.18. The maximum absolute atomic E-state index is 5.68. The minimum atomic E-state index is 0.328. The van der Waals surface area contributed by atoms with Crippen molar-refractivity contribution < 1.29 is 0 Å². The predicted molar refractivity (Wildman–Crippen MR) is 34.0 cm³/mol. The molecule has 1 heterocycles. The number of rotatable bonds is 0. The molecule has 1 atom stereocenters. The Kier molecular flexibility index (Phi) is 0.873. The van der Waals surface area contributed by atoms with Crippen LogP contribution in [-0.2, 0) is 12.8 Å². The van der Waals surface area contributed by atoms with E-state index in [0.29, 0.717) is 6.04 Å². The van der Waals surface area contributed by atoms with Gasteiger partial charge in [0.2, 0.25) is 0 Å². The molecule has 0 aliphatic heterocycles. The van der Waals surface area contributed by atoms with Gasteiger partial charge in [-0.25, -0.2) is 0 Å². The number of nitrogens with one attached hydrogen (secondary N) is 1. The van der Waals surface area contributed by atoms with Crippen molar-refractivity contribution in [2.45, 2.75) is 18.9 Å². The largest absolute Gasteiger partial charge is 0.327 e. The first-order valence-corrected chi connectivity index (χ1v) is 3.13. The summed E-state index contributed by atoms with van der Waals surface area (Å²) in [6.45, 7) is 0. The molecule has 1 aromatic rings. The number of nitrogens with zero attached hydrogens (tertiary/aromatic N) is 1. The Morgan fingerprint density at radius 1 is 1.67 bits per heavy atom. The monoisotopic (exact) mass is 123 g/mol.